The van der Waals surface area contributed by atoms with Crippen molar-refractivity contribution in [2.24, 2.45) is 0 Å². The first-order chi connectivity index (χ1) is 24.8. The summed E-state index contributed by atoms with van der Waals surface area (Å²) in [7, 11) is 0. The van der Waals surface area contributed by atoms with Crippen molar-refractivity contribution in [3.05, 3.63) is 165 Å². The fraction of sp³-hybridized carbons (Fsp3) is 0.400. The van der Waals surface area contributed by atoms with Crippen LogP contribution in [0.2, 0.25) is 0 Å². The molecule has 0 radical (unpaired) electrons. The highest BCUT2D eigenvalue weighted by Gasteiger charge is 2.45. The highest BCUT2D eigenvalue weighted by atomic mass is 15.2. The van der Waals surface area contributed by atoms with E-state index in [2.05, 4.69) is 209 Å². The molecule has 0 atom stereocenters. The second-order valence-corrected chi connectivity index (χ2v) is 16.7. The normalized spacial score (nSPS) is 12.3. The molecule has 0 aliphatic heterocycles. The van der Waals surface area contributed by atoms with Crippen molar-refractivity contribution in [1.29, 1.82) is 0 Å². The summed E-state index contributed by atoms with van der Waals surface area (Å²) in [6, 6.07) is 43.3. The third-order valence-electron chi connectivity index (χ3n) is 11.0. The van der Waals surface area contributed by atoms with Crippen LogP contribution in [0.4, 0.5) is 11.4 Å². The van der Waals surface area contributed by atoms with Gasteiger partial charge in [0.2, 0.25) is 0 Å². The van der Waals surface area contributed by atoms with E-state index >= 15 is 0 Å². The smallest absolute Gasteiger partial charge is 0.115 e. The number of anilines is 2. The maximum absolute atomic E-state index is 4.39. The quantitative estimate of drug-likeness (QED) is 0.0894. The molecular formula is C50H64N2. The molecule has 0 saturated carbocycles. The van der Waals surface area contributed by atoms with Crippen LogP contribution in [0.3, 0.4) is 0 Å². The van der Waals surface area contributed by atoms with E-state index in [9.17, 15) is 0 Å². The molecule has 0 aromatic heterocycles. The number of rotatable bonds is 14. The van der Waals surface area contributed by atoms with E-state index in [-0.39, 0.29) is 6.17 Å². The Balaban J connectivity index is 1.96. The van der Waals surface area contributed by atoms with E-state index in [0.717, 1.165) is 0 Å². The van der Waals surface area contributed by atoms with Gasteiger partial charge in [-0.1, -0.05) is 198 Å². The maximum atomic E-state index is 4.39. The van der Waals surface area contributed by atoms with Crippen LogP contribution in [0.15, 0.2) is 115 Å². The van der Waals surface area contributed by atoms with Gasteiger partial charge in [-0.25, -0.2) is 0 Å². The standard InChI is InChI=1S/C50H64N2/c1-32(2)38-28-43(34(5)6)47(44(29-38)35(7)8)51-49(52-48-45(36(9)10)30-39(33(3)4)31-46(48)37(11)12)50(40-22-16-13-17-23-40,41-24-18-14-19-25-41)42-26-20-15-21-27-42/h13-37,49,51-52H,1-12H3. The Bertz CT molecular complexity index is 1650. The number of benzene rings is 5. The van der Waals surface area contributed by atoms with Crippen molar-refractivity contribution in [2.45, 2.75) is 130 Å². The van der Waals surface area contributed by atoms with Gasteiger partial charge in [0.1, 0.15) is 6.17 Å². The van der Waals surface area contributed by atoms with Crippen LogP contribution in [0, 0.1) is 0 Å². The molecule has 5 rings (SSSR count). The van der Waals surface area contributed by atoms with Crippen molar-refractivity contribution >= 4 is 11.4 Å². The van der Waals surface area contributed by atoms with Gasteiger partial charge in [0, 0.05) is 11.4 Å². The second-order valence-electron chi connectivity index (χ2n) is 16.7. The first kappa shape index (κ1) is 38.9. The topological polar surface area (TPSA) is 24.1 Å². The highest BCUT2D eigenvalue weighted by molar-refractivity contribution is 5.70. The fourth-order valence-electron chi connectivity index (χ4n) is 7.89. The zero-order chi connectivity index (χ0) is 37.7. The summed E-state index contributed by atoms with van der Waals surface area (Å²) in [5, 5.41) is 8.78. The molecule has 0 aliphatic carbocycles. The molecule has 52 heavy (non-hydrogen) atoms. The van der Waals surface area contributed by atoms with E-state index in [1.165, 1.54) is 61.4 Å². The largest absolute Gasteiger partial charge is 0.364 e. The molecule has 0 unspecified atom stereocenters. The minimum absolute atomic E-state index is 0.278. The van der Waals surface area contributed by atoms with Crippen LogP contribution in [-0.2, 0) is 5.41 Å². The third kappa shape index (κ3) is 7.87. The van der Waals surface area contributed by atoms with E-state index in [1.54, 1.807) is 0 Å². The van der Waals surface area contributed by atoms with E-state index in [4.69, 9.17) is 0 Å². The van der Waals surface area contributed by atoms with Crippen LogP contribution in [0.25, 0.3) is 0 Å². The van der Waals surface area contributed by atoms with Gasteiger partial charge >= 0.3 is 0 Å². The minimum atomic E-state index is -0.623. The Labute approximate surface area is 316 Å². The predicted molar refractivity (Wildman–Crippen MR) is 228 cm³/mol. The van der Waals surface area contributed by atoms with E-state index in [0.29, 0.717) is 35.5 Å². The summed E-state index contributed by atoms with van der Waals surface area (Å²) in [6.07, 6.45) is -0.278. The van der Waals surface area contributed by atoms with Crippen molar-refractivity contribution < 1.29 is 0 Å². The molecule has 2 N–H and O–H groups in total. The molecular weight excluding hydrogens is 629 g/mol. The molecule has 0 aliphatic rings. The highest BCUT2D eigenvalue weighted by Crippen LogP contribution is 2.47. The molecule has 2 nitrogen and oxygen atoms in total. The van der Waals surface area contributed by atoms with Gasteiger partial charge < -0.3 is 10.6 Å². The number of hydrogen-bond donors (Lipinski definition) is 2. The fourth-order valence-corrected chi connectivity index (χ4v) is 7.89. The Morgan fingerprint density at radius 3 is 0.808 bits per heavy atom. The molecule has 0 saturated heterocycles. The van der Waals surface area contributed by atoms with Gasteiger partial charge in [-0.05, 0) is 85.6 Å². The molecule has 0 heterocycles. The van der Waals surface area contributed by atoms with Gasteiger partial charge in [0.05, 0.1) is 5.41 Å². The van der Waals surface area contributed by atoms with Crippen LogP contribution in [-0.4, -0.2) is 6.17 Å². The van der Waals surface area contributed by atoms with Gasteiger partial charge in [-0.3, -0.25) is 0 Å². The zero-order valence-corrected chi connectivity index (χ0v) is 34.0. The summed E-state index contributed by atoms with van der Waals surface area (Å²) < 4.78 is 0. The van der Waals surface area contributed by atoms with Gasteiger partial charge in [0.25, 0.3) is 0 Å². The van der Waals surface area contributed by atoms with Gasteiger partial charge in [-0.2, -0.15) is 0 Å². The summed E-state index contributed by atoms with van der Waals surface area (Å²) in [5.74, 6) is 2.22. The maximum Gasteiger partial charge on any atom is 0.115 e. The summed E-state index contributed by atoms with van der Waals surface area (Å²) >= 11 is 0. The van der Waals surface area contributed by atoms with Crippen LogP contribution in [0.5, 0.6) is 0 Å². The lowest BCUT2D eigenvalue weighted by atomic mass is 9.66. The van der Waals surface area contributed by atoms with Crippen molar-refractivity contribution in [2.75, 3.05) is 10.6 Å². The molecule has 5 aromatic rings. The molecule has 0 bridgehead atoms. The summed E-state index contributed by atoms with van der Waals surface area (Å²) in [5.41, 5.74) is 13.9. The van der Waals surface area contributed by atoms with Gasteiger partial charge in [0.15, 0.2) is 0 Å². The third-order valence-corrected chi connectivity index (χ3v) is 11.0. The summed E-state index contributed by atoms with van der Waals surface area (Å²) in [4.78, 5) is 0. The Morgan fingerprint density at radius 2 is 0.596 bits per heavy atom. The molecule has 2 heteroatoms. The van der Waals surface area contributed by atoms with E-state index in [1.807, 2.05) is 0 Å². The molecule has 0 spiro atoms. The minimum Gasteiger partial charge on any atom is -0.364 e. The number of hydrogen-bond acceptors (Lipinski definition) is 2. The van der Waals surface area contributed by atoms with Crippen LogP contribution < -0.4 is 10.6 Å². The van der Waals surface area contributed by atoms with Crippen LogP contribution in [0.1, 0.15) is 169 Å². The second kappa shape index (κ2) is 16.6. The van der Waals surface area contributed by atoms with Gasteiger partial charge in [-0.15, -0.1) is 0 Å². The lowest BCUT2D eigenvalue weighted by Gasteiger charge is -2.45. The Hall–Kier alpha value is -4.30. The first-order valence-electron chi connectivity index (χ1n) is 19.8. The van der Waals surface area contributed by atoms with Crippen LogP contribution >= 0.6 is 0 Å². The first-order valence-corrected chi connectivity index (χ1v) is 19.8. The SMILES string of the molecule is CC(C)c1cc(C(C)C)c(NC(Nc2c(C(C)C)cc(C(C)C)cc2C(C)C)C(c2ccccc2)(c2ccccc2)c2ccccc2)c(C(C)C)c1. The lowest BCUT2D eigenvalue weighted by molar-refractivity contribution is 0.541. The zero-order valence-electron chi connectivity index (χ0n) is 34.0. The molecule has 274 valence electrons. The Morgan fingerprint density at radius 1 is 0.346 bits per heavy atom. The predicted octanol–water partition coefficient (Wildman–Crippen LogP) is 14.3. The summed E-state index contributed by atoms with van der Waals surface area (Å²) in [6.45, 7) is 28.0. The average Bonchev–Trinajstić information content (AvgIpc) is 3.12. The van der Waals surface area contributed by atoms with Crippen molar-refractivity contribution in [1.82, 2.24) is 0 Å². The molecule has 5 aromatic carbocycles. The van der Waals surface area contributed by atoms with E-state index < -0.39 is 5.41 Å². The lowest BCUT2D eigenvalue weighted by Crippen LogP contribution is -2.51. The van der Waals surface area contributed by atoms with Crippen molar-refractivity contribution in [3.8, 4) is 0 Å². The monoisotopic (exact) mass is 693 g/mol. The average molecular weight is 693 g/mol. The number of nitrogens with one attached hydrogen (secondary N) is 2. The molecule has 0 amide bonds. The van der Waals surface area contributed by atoms with Crippen molar-refractivity contribution in [3.63, 3.8) is 0 Å². The Kier molecular flexibility index (Phi) is 12.4. The molecule has 0 fully saturated rings.